The van der Waals surface area contributed by atoms with E-state index in [0.29, 0.717) is 11.8 Å². The summed E-state index contributed by atoms with van der Waals surface area (Å²) >= 11 is 0. The van der Waals surface area contributed by atoms with Crippen LogP contribution in [0.4, 0.5) is 5.69 Å². The van der Waals surface area contributed by atoms with E-state index in [-0.39, 0.29) is 0 Å². The van der Waals surface area contributed by atoms with Crippen LogP contribution in [0.3, 0.4) is 0 Å². The zero-order chi connectivity index (χ0) is 9.42. The topological polar surface area (TPSA) is 12.0 Å². The third-order valence-corrected chi connectivity index (χ3v) is 2.63. The monoisotopic (exact) mass is 173 g/mol. The summed E-state index contributed by atoms with van der Waals surface area (Å²) in [5.74, 6) is 1.10. The fraction of sp³-hybridized carbons (Fsp3) is 0.333. The highest BCUT2D eigenvalue weighted by atomic mass is 14.9. The van der Waals surface area contributed by atoms with Crippen molar-refractivity contribution in [3.63, 3.8) is 0 Å². The van der Waals surface area contributed by atoms with Crippen LogP contribution in [0.2, 0.25) is 0 Å². The van der Waals surface area contributed by atoms with Gasteiger partial charge < -0.3 is 5.32 Å². The van der Waals surface area contributed by atoms with Gasteiger partial charge in [0.15, 0.2) is 0 Å². The van der Waals surface area contributed by atoms with Gasteiger partial charge in [0.05, 0.1) is 0 Å². The average molecular weight is 173 g/mol. The minimum absolute atomic E-state index is 0.483. The number of nitrogens with one attached hydrogen (secondary N) is 1. The molecule has 1 unspecified atom stereocenters. The van der Waals surface area contributed by atoms with Crippen molar-refractivity contribution >= 4 is 5.69 Å². The second kappa shape index (κ2) is 2.91. The quantitative estimate of drug-likeness (QED) is 0.686. The number of hydrogen-bond donors (Lipinski definition) is 1. The van der Waals surface area contributed by atoms with Gasteiger partial charge in [0.25, 0.3) is 0 Å². The molecule has 1 aliphatic heterocycles. The van der Waals surface area contributed by atoms with Gasteiger partial charge in [-0.15, -0.1) is 0 Å². The molecule has 1 N–H and O–H groups in total. The maximum absolute atomic E-state index is 4.06. The Balaban J connectivity index is 2.46. The first-order valence-electron chi connectivity index (χ1n) is 4.75. The van der Waals surface area contributed by atoms with Gasteiger partial charge in [0.1, 0.15) is 0 Å². The maximum Gasteiger partial charge on any atom is 0.0421 e. The Morgan fingerprint density at radius 3 is 2.69 bits per heavy atom. The number of fused-ring (bicyclic) bond motifs is 1. The van der Waals surface area contributed by atoms with Gasteiger partial charge in [-0.2, -0.15) is 0 Å². The van der Waals surface area contributed by atoms with E-state index in [2.05, 4.69) is 50.0 Å². The lowest BCUT2D eigenvalue weighted by Crippen LogP contribution is -2.05. The summed E-state index contributed by atoms with van der Waals surface area (Å²) in [6.45, 7) is 8.53. The zero-order valence-corrected chi connectivity index (χ0v) is 8.17. The molecule has 1 nitrogen and oxygen atoms in total. The average Bonchev–Trinajstić information content (AvgIpc) is 2.39. The summed E-state index contributed by atoms with van der Waals surface area (Å²) in [4.78, 5) is 0. The lowest BCUT2D eigenvalue weighted by atomic mass is 9.88. The van der Waals surface area contributed by atoms with Crippen molar-refractivity contribution < 1.29 is 0 Å². The first-order valence-corrected chi connectivity index (χ1v) is 4.75. The van der Waals surface area contributed by atoms with Crippen LogP contribution in [0.15, 0.2) is 36.5 Å². The third-order valence-electron chi connectivity index (χ3n) is 2.63. The molecule has 1 heterocycles. The molecule has 0 saturated heterocycles. The van der Waals surface area contributed by atoms with Crippen LogP contribution in [-0.2, 0) is 0 Å². The van der Waals surface area contributed by atoms with Gasteiger partial charge in [-0.1, -0.05) is 38.6 Å². The summed E-state index contributed by atoms with van der Waals surface area (Å²) in [6, 6.07) is 8.45. The Morgan fingerprint density at radius 2 is 2.00 bits per heavy atom. The SMILES string of the molecule is C=C1Nc2ccccc2C1C(C)C. The lowest BCUT2D eigenvalue weighted by Gasteiger charge is -2.15. The normalized spacial score (nSPS) is 20.2. The van der Waals surface area contributed by atoms with Crippen molar-refractivity contribution in [3.8, 4) is 0 Å². The van der Waals surface area contributed by atoms with E-state index >= 15 is 0 Å². The molecule has 0 spiro atoms. The zero-order valence-electron chi connectivity index (χ0n) is 8.17. The van der Waals surface area contributed by atoms with E-state index in [4.69, 9.17) is 0 Å². The summed E-state index contributed by atoms with van der Waals surface area (Å²) in [7, 11) is 0. The summed E-state index contributed by atoms with van der Waals surface area (Å²) in [5, 5.41) is 3.33. The maximum atomic E-state index is 4.06. The molecule has 1 heteroatoms. The summed E-state index contributed by atoms with van der Waals surface area (Å²) in [5.41, 5.74) is 3.75. The van der Waals surface area contributed by atoms with Crippen LogP contribution in [0.5, 0.6) is 0 Å². The molecule has 0 amide bonds. The number of allylic oxidation sites excluding steroid dienone is 1. The number of para-hydroxylation sites is 1. The fourth-order valence-corrected chi connectivity index (χ4v) is 2.08. The second-order valence-electron chi connectivity index (χ2n) is 3.96. The van der Waals surface area contributed by atoms with Crippen molar-refractivity contribution in [3.05, 3.63) is 42.1 Å². The molecule has 0 radical (unpaired) electrons. The molecule has 0 aliphatic carbocycles. The van der Waals surface area contributed by atoms with Crippen LogP contribution in [0.1, 0.15) is 25.3 Å². The highest BCUT2D eigenvalue weighted by Gasteiger charge is 2.27. The Bertz CT molecular complexity index is 339. The van der Waals surface area contributed by atoms with E-state index in [1.807, 2.05) is 0 Å². The molecule has 13 heavy (non-hydrogen) atoms. The van der Waals surface area contributed by atoms with Crippen molar-refractivity contribution in [1.29, 1.82) is 0 Å². The van der Waals surface area contributed by atoms with E-state index in [1.165, 1.54) is 11.3 Å². The number of rotatable bonds is 1. The van der Waals surface area contributed by atoms with E-state index < -0.39 is 0 Å². The molecule has 0 bridgehead atoms. The molecule has 0 saturated carbocycles. The smallest absolute Gasteiger partial charge is 0.0421 e. The van der Waals surface area contributed by atoms with Crippen LogP contribution in [0, 0.1) is 5.92 Å². The van der Waals surface area contributed by atoms with Gasteiger partial charge in [-0.25, -0.2) is 0 Å². The predicted octanol–water partition coefficient (Wildman–Crippen LogP) is 3.37. The Morgan fingerprint density at radius 1 is 1.31 bits per heavy atom. The van der Waals surface area contributed by atoms with Gasteiger partial charge >= 0.3 is 0 Å². The fourth-order valence-electron chi connectivity index (χ4n) is 2.08. The van der Waals surface area contributed by atoms with Gasteiger partial charge in [-0.05, 0) is 17.5 Å². The number of hydrogen-bond acceptors (Lipinski definition) is 1. The Hall–Kier alpha value is -1.24. The highest BCUT2D eigenvalue weighted by Crippen LogP contribution is 2.41. The van der Waals surface area contributed by atoms with Crippen molar-refractivity contribution in [2.24, 2.45) is 5.92 Å². The minimum atomic E-state index is 0.483. The molecule has 1 aliphatic rings. The van der Waals surface area contributed by atoms with Crippen LogP contribution in [0.25, 0.3) is 0 Å². The molecule has 68 valence electrons. The third kappa shape index (κ3) is 1.24. The van der Waals surface area contributed by atoms with Crippen LogP contribution >= 0.6 is 0 Å². The van der Waals surface area contributed by atoms with Crippen molar-refractivity contribution in [1.82, 2.24) is 0 Å². The Kier molecular flexibility index (Phi) is 1.87. The van der Waals surface area contributed by atoms with E-state index in [1.54, 1.807) is 0 Å². The highest BCUT2D eigenvalue weighted by molar-refractivity contribution is 5.64. The van der Waals surface area contributed by atoms with Gasteiger partial charge in [0.2, 0.25) is 0 Å². The van der Waals surface area contributed by atoms with Crippen molar-refractivity contribution in [2.75, 3.05) is 5.32 Å². The lowest BCUT2D eigenvalue weighted by molar-refractivity contribution is 0.571. The largest absolute Gasteiger partial charge is 0.359 e. The van der Waals surface area contributed by atoms with Crippen molar-refractivity contribution in [2.45, 2.75) is 19.8 Å². The molecule has 2 rings (SSSR count). The molecular weight excluding hydrogens is 158 g/mol. The van der Waals surface area contributed by atoms with E-state index in [0.717, 1.165) is 5.70 Å². The second-order valence-corrected chi connectivity index (χ2v) is 3.96. The molecule has 0 fully saturated rings. The summed E-state index contributed by atoms with van der Waals surface area (Å²) < 4.78 is 0. The molecule has 1 aromatic carbocycles. The molecular formula is C12H15N. The first kappa shape index (κ1) is 8.36. The first-order chi connectivity index (χ1) is 6.20. The Labute approximate surface area is 79.5 Å². The minimum Gasteiger partial charge on any atom is -0.359 e. The van der Waals surface area contributed by atoms with Crippen LogP contribution in [-0.4, -0.2) is 0 Å². The summed E-state index contributed by atoms with van der Waals surface area (Å²) in [6.07, 6.45) is 0. The molecule has 1 atom stereocenters. The van der Waals surface area contributed by atoms with Gasteiger partial charge in [-0.3, -0.25) is 0 Å². The van der Waals surface area contributed by atoms with E-state index in [9.17, 15) is 0 Å². The molecule has 1 aromatic rings. The van der Waals surface area contributed by atoms with Gasteiger partial charge in [0, 0.05) is 17.3 Å². The standard InChI is InChI=1S/C12H15N/c1-8(2)12-9(3)13-11-7-5-4-6-10(11)12/h4-8,12-13H,3H2,1-2H3. The predicted molar refractivity (Wildman–Crippen MR) is 56.8 cm³/mol. The molecule has 0 aromatic heterocycles. The number of benzene rings is 1. The number of anilines is 1. The van der Waals surface area contributed by atoms with Crippen LogP contribution < -0.4 is 5.32 Å².